The zero-order chi connectivity index (χ0) is 16.5. The Labute approximate surface area is 139 Å². The van der Waals surface area contributed by atoms with Gasteiger partial charge < -0.3 is 9.84 Å². The van der Waals surface area contributed by atoms with Gasteiger partial charge in [-0.15, -0.1) is 0 Å². The Morgan fingerprint density at radius 2 is 2.29 bits per heavy atom. The summed E-state index contributed by atoms with van der Waals surface area (Å²) in [6, 6.07) is 6.81. The minimum Gasteiger partial charge on any atom is -0.360 e. The first-order chi connectivity index (χ1) is 11.7. The molecule has 24 heavy (non-hydrogen) atoms. The molecular formula is C18H20FN3O2. The van der Waals surface area contributed by atoms with Crippen molar-refractivity contribution in [2.75, 3.05) is 13.1 Å². The van der Waals surface area contributed by atoms with E-state index in [2.05, 4.69) is 15.4 Å². The lowest BCUT2D eigenvalue weighted by molar-refractivity contribution is -0.121. The van der Waals surface area contributed by atoms with Gasteiger partial charge in [-0.05, 0) is 25.0 Å². The van der Waals surface area contributed by atoms with Gasteiger partial charge in [-0.2, -0.15) is 0 Å². The Morgan fingerprint density at radius 1 is 1.42 bits per heavy atom. The molecule has 2 heterocycles. The molecule has 1 amide bonds. The molecule has 1 saturated carbocycles. The molecule has 6 heteroatoms. The van der Waals surface area contributed by atoms with Crippen molar-refractivity contribution in [1.29, 1.82) is 0 Å². The van der Waals surface area contributed by atoms with E-state index in [9.17, 15) is 9.18 Å². The predicted octanol–water partition coefficient (Wildman–Crippen LogP) is 2.51. The fourth-order valence-corrected chi connectivity index (χ4v) is 3.11. The molecule has 0 spiro atoms. The van der Waals surface area contributed by atoms with E-state index in [1.807, 2.05) is 6.07 Å². The second kappa shape index (κ2) is 6.36. The van der Waals surface area contributed by atoms with Gasteiger partial charge in [0.1, 0.15) is 17.3 Å². The smallest absolute Gasteiger partial charge is 0.221 e. The fourth-order valence-electron chi connectivity index (χ4n) is 3.11. The summed E-state index contributed by atoms with van der Waals surface area (Å²) in [4.78, 5) is 14.1. The molecule has 5 nitrogen and oxygen atoms in total. The number of benzene rings is 1. The van der Waals surface area contributed by atoms with E-state index < -0.39 is 0 Å². The van der Waals surface area contributed by atoms with Crippen LogP contribution in [0.15, 0.2) is 28.8 Å². The number of carbonyl (C=O) groups is 1. The molecule has 1 aromatic carbocycles. The molecule has 1 fully saturated rings. The number of amides is 1. The number of carbonyl (C=O) groups excluding carboxylic acids is 1. The molecule has 1 aromatic heterocycles. The number of hydrogen-bond donors (Lipinski definition) is 1. The molecule has 1 aliphatic carbocycles. The Morgan fingerprint density at radius 3 is 3.08 bits per heavy atom. The number of fused-ring (bicyclic) bond motifs is 1. The highest BCUT2D eigenvalue weighted by Gasteiger charge is 2.26. The third-order valence-corrected chi connectivity index (χ3v) is 4.60. The summed E-state index contributed by atoms with van der Waals surface area (Å²) in [5.74, 6) is 0.709. The van der Waals surface area contributed by atoms with Crippen LogP contribution in [0.5, 0.6) is 0 Å². The van der Waals surface area contributed by atoms with Crippen molar-refractivity contribution in [1.82, 2.24) is 15.4 Å². The molecule has 0 bridgehead atoms. The van der Waals surface area contributed by atoms with Crippen LogP contribution in [0.25, 0.3) is 11.3 Å². The minimum atomic E-state index is -0.284. The van der Waals surface area contributed by atoms with E-state index in [1.165, 1.54) is 12.1 Å². The third kappa shape index (κ3) is 3.33. The van der Waals surface area contributed by atoms with Gasteiger partial charge in [0.05, 0.1) is 0 Å². The van der Waals surface area contributed by atoms with Gasteiger partial charge in [0.2, 0.25) is 5.91 Å². The topological polar surface area (TPSA) is 58.4 Å². The summed E-state index contributed by atoms with van der Waals surface area (Å²) in [5, 5.41) is 7.15. The lowest BCUT2D eigenvalue weighted by Gasteiger charge is -2.25. The first kappa shape index (κ1) is 15.3. The summed E-state index contributed by atoms with van der Waals surface area (Å²) in [6.07, 6.45) is 3.49. The van der Waals surface area contributed by atoms with Gasteiger partial charge in [-0.25, -0.2) is 4.39 Å². The molecule has 0 unspecified atom stereocenters. The first-order valence-electron chi connectivity index (χ1n) is 8.44. The second-order valence-electron chi connectivity index (χ2n) is 6.56. The summed E-state index contributed by atoms with van der Waals surface area (Å²) >= 11 is 0. The molecule has 1 N–H and O–H groups in total. The molecule has 1 aliphatic heterocycles. The van der Waals surface area contributed by atoms with E-state index in [0.29, 0.717) is 31.2 Å². The van der Waals surface area contributed by atoms with Crippen molar-refractivity contribution in [2.24, 2.45) is 0 Å². The van der Waals surface area contributed by atoms with Gasteiger partial charge in [0.25, 0.3) is 0 Å². The first-order valence-corrected chi connectivity index (χ1v) is 8.44. The fraction of sp³-hybridized carbons (Fsp3) is 0.444. The Bertz CT molecular complexity index is 754. The number of halogens is 1. The molecule has 0 atom stereocenters. The van der Waals surface area contributed by atoms with E-state index in [4.69, 9.17) is 4.52 Å². The van der Waals surface area contributed by atoms with Gasteiger partial charge in [0.15, 0.2) is 0 Å². The Balaban J connectivity index is 1.44. The highest BCUT2D eigenvalue weighted by atomic mass is 19.1. The largest absolute Gasteiger partial charge is 0.360 e. The standard InChI is InChI=1S/C18H20FN3O2/c19-13-3-1-2-12(10-13)18-15-11-22(8-6-16(15)24-21-18)9-7-17(23)20-14-4-5-14/h1-3,10,14H,4-9,11H2,(H,20,23). The lowest BCUT2D eigenvalue weighted by atomic mass is 10.0. The van der Waals surface area contributed by atoms with Gasteiger partial charge >= 0.3 is 0 Å². The number of nitrogens with one attached hydrogen (secondary N) is 1. The summed E-state index contributed by atoms with van der Waals surface area (Å²) in [5.41, 5.74) is 2.44. The van der Waals surface area contributed by atoms with Crippen molar-refractivity contribution in [3.63, 3.8) is 0 Å². The number of hydrogen-bond acceptors (Lipinski definition) is 4. The Hall–Kier alpha value is -2.21. The maximum atomic E-state index is 13.5. The average molecular weight is 329 g/mol. The predicted molar refractivity (Wildman–Crippen MR) is 86.7 cm³/mol. The van der Waals surface area contributed by atoms with Crippen LogP contribution in [0.2, 0.25) is 0 Å². The molecule has 2 aliphatic rings. The van der Waals surface area contributed by atoms with Gasteiger partial charge in [-0.3, -0.25) is 9.69 Å². The highest BCUT2D eigenvalue weighted by molar-refractivity contribution is 5.76. The average Bonchev–Trinajstić information content (AvgIpc) is 3.29. The summed E-state index contributed by atoms with van der Waals surface area (Å²) in [7, 11) is 0. The molecule has 4 rings (SSSR count). The zero-order valence-electron chi connectivity index (χ0n) is 13.4. The van der Waals surface area contributed by atoms with Crippen LogP contribution in [0, 0.1) is 5.82 Å². The van der Waals surface area contributed by atoms with Gasteiger partial charge in [-0.1, -0.05) is 17.3 Å². The normalized spacial score (nSPS) is 17.5. The molecule has 0 radical (unpaired) electrons. The van der Waals surface area contributed by atoms with Crippen molar-refractivity contribution >= 4 is 5.91 Å². The second-order valence-corrected chi connectivity index (χ2v) is 6.56. The van der Waals surface area contributed by atoms with E-state index in [0.717, 1.165) is 42.7 Å². The van der Waals surface area contributed by atoms with Crippen LogP contribution in [-0.2, 0) is 17.8 Å². The van der Waals surface area contributed by atoms with Crippen LogP contribution >= 0.6 is 0 Å². The van der Waals surface area contributed by atoms with Crippen molar-refractivity contribution in [2.45, 2.75) is 38.3 Å². The van der Waals surface area contributed by atoms with Crippen molar-refractivity contribution in [3.8, 4) is 11.3 Å². The van der Waals surface area contributed by atoms with E-state index in [1.54, 1.807) is 6.07 Å². The molecule has 2 aromatic rings. The van der Waals surface area contributed by atoms with E-state index >= 15 is 0 Å². The molecule has 126 valence electrons. The van der Waals surface area contributed by atoms with Gasteiger partial charge in [0, 0.05) is 49.6 Å². The maximum absolute atomic E-state index is 13.5. The van der Waals surface area contributed by atoms with Crippen molar-refractivity contribution < 1.29 is 13.7 Å². The van der Waals surface area contributed by atoms with Crippen LogP contribution in [0.3, 0.4) is 0 Å². The van der Waals surface area contributed by atoms with Crippen LogP contribution in [-0.4, -0.2) is 35.1 Å². The van der Waals surface area contributed by atoms with Crippen LogP contribution in [0.1, 0.15) is 30.6 Å². The Kier molecular flexibility index (Phi) is 4.06. The number of aromatic nitrogens is 1. The molecule has 0 saturated heterocycles. The quantitative estimate of drug-likeness (QED) is 0.916. The SMILES string of the molecule is O=C(CCN1CCc2onc(-c3cccc(F)c3)c2C1)NC1CC1. The van der Waals surface area contributed by atoms with Crippen molar-refractivity contribution in [3.05, 3.63) is 41.4 Å². The number of nitrogens with zero attached hydrogens (tertiary/aromatic N) is 2. The minimum absolute atomic E-state index is 0.124. The van der Waals surface area contributed by atoms with Crippen LogP contribution < -0.4 is 5.32 Å². The monoisotopic (exact) mass is 329 g/mol. The lowest BCUT2D eigenvalue weighted by Crippen LogP contribution is -2.34. The number of rotatable bonds is 5. The summed E-state index contributed by atoms with van der Waals surface area (Å²) < 4.78 is 18.9. The van der Waals surface area contributed by atoms with E-state index in [-0.39, 0.29) is 11.7 Å². The third-order valence-electron chi connectivity index (χ3n) is 4.60. The summed E-state index contributed by atoms with van der Waals surface area (Å²) in [6.45, 7) is 2.24. The zero-order valence-corrected chi connectivity index (χ0v) is 13.4. The molecular weight excluding hydrogens is 309 g/mol. The highest BCUT2D eigenvalue weighted by Crippen LogP contribution is 2.30. The van der Waals surface area contributed by atoms with Crippen LogP contribution in [0.4, 0.5) is 4.39 Å². The maximum Gasteiger partial charge on any atom is 0.221 e.